The molecule has 8 nitrogen and oxygen atoms in total. The van der Waals surface area contributed by atoms with E-state index in [4.69, 9.17) is 16.1 Å². The number of benzene rings is 1. The van der Waals surface area contributed by atoms with Crippen molar-refractivity contribution >= 4 is 23.2 Å². The monoisotopic (exact) mass is 470 g/mol. The number of aryl methyl sites for hydroxylation is 3. The van der Waals surface area contributed by atoms with E-state index in [0.29, 0.717) is 46.5 Å². The van der Waals surface area contributed by atoms with Crippen LogP contribution in [0.15, 0.2) is 28.8 Å². The highest BCUT2D eigenvalue weighted by Gasteiger charge is 2.24. The van der Waals surface area contributed by atoms with Gasteiger partial charge in [0.1, 0.15) is 11.6 Å². The first-order chi connectivity index (χ1) is 15.7. The number of halogens is 2. The van der Waals surface area contributed by atoms with Crippen molar-refractivity contribution in [3.63, 3.8) is 0 Å². The molecule has 0 aliphatic heterocycles. The Morgan fingerprint density at radius 3 is 2.27 bits per heavy atom. The Morgan fingerprint density at radius 1 is 1.00 bits per heavy atom. The molecule has 0 spiro atoms. The van der Waals surface area contributed by atoms with Gasteiger partial charge in [-0.1, -0.05) is 28.9 Å². The summed E-state index contributed by atoms with van der Waals surface area (Å²) in [5.74, 6) is -0.159. The molecule has 1 amide bonds. The van der Waals surface area contributed by atoms with Crippen LogP contribution in [0, 0.1) is 40.4 Å². The fourth-order valence-electron chi connectivity index (χ4n) is 3.70. The van der Waals surface area contributed by atoms with Gasteiger partial charge in [0.25, 0.3) is 5.91 Å². The Morgan fingerprint density at radius 2 is 1.64 bits per heavy atom. The highest BCUT2D eigenvalue weighted by molar-refractivity contribution is 6.31. The number of hydrogen-bond acceptors (Lipinski definition) is 5. The largest absolute Gasteiger partial charge is 0.361 e. The van der Waals surface area contributed by atoms with E-state index in [1.54, 1.807) is 28.4 Å². The molecule has 10 heteroatoms. The molecule has 0 atom stereocenters. The second-order valence-electron chi connectivity index (χ2n) is 7.99. The van der Waals surface area contributed by atoms with Gasteiger partial charge in [-0.25, -0.2) is 4.39 Å². The number of carbonyl (C=O) groups excluding carboxylic acids is 1. The molecule has 0 aliphatic carbocycles. The summed E-state index contributed by atoms with van der Waals surface area (Å²) in [5.41, 5.74) is 5.27. The van der Waals surface area contributed by atoms with Crippen LogP contribution in [0.3, 0.4) is 0 Å². The van der Waals surface area contributed by atoms with Crippen molar-refractivity contribution in [2.45, 2.75) is 47.7 Å². The van der Waals surface area contributed by atoms with E-state index in [1.807, 2.05) is 27.7 Å². The molecule has 4 aromatic rings. The Labute approximate surface area is 195 Å². The molecular weight excluding hydrogens is 447 g/mol. The van der Waals surface area contributed by atoms with Crippen LogP contribution in [0.1, 0.15) is 50.2 Å². The van der Waals surface area contributed by atoms with E-state index in [0.717, 1.165) is 17.0 Å². The lowest BCUT2D eigenvalue weighted by molar-refractivity contribution is 0.101. The minimum atomic E-state index is -0.401. The molecule has 172 valence electrons. The maximum absolute atomic E-state index is 13.2. The van der Waals surface area contributed by atoms with Gasteiger partial charge in [0.15, 0.2) is 5.69 Å². The Bertz CT molecular complexity index is 1340. The van der Waals surface area contributed by atoms with E-state index in [1.165, 1.54) is 12.1 Å². The van der Waals surface area contributed by atoms with Gasteiger partial charge in [-0.3, -0.25) is 14.2 Å². The smallest absolute Gasteiger partial charge is 0.278 e. The molecule has 33 heavy (non-hydrogen) atoms. The molecule has 0 saturated heterocycles. The molecule has 4 rings (SSSR count). The Balaban J connectivity index is 1.57. The normalized spacial score (nSPS) is 11.2. The van der Waals surface area contributed by atoms with Gasteiger partial charge in [-0.15, -0.1) is 0 Å². The second kappa shape index (κ2) is 8.82. The van der Waals surface area contributed by atoms with Crippen LogP contribution in [0.25, 0.3) is 0 Å². The predicted molar refractivity (Wildman–Crippen MR) is 122 cm³/mol. The number of anilines is 1. The van der Waals surface area contributed by atoms with Crippen LogP contribution < -0.4 is 5.32 Å². The molecular formula is C23H24ClFN6O2. The SMILES string of the molecule is Cc1nn(Cc2c(C(=O)Nc3c(C)nn(Cc4ccc(F)cc4)c3C)noc2C)c(C)c1Cl. The summed E-state index contributed by atoms with van der Waals surface area (Å²) in [6, 6.07) is 6.24. The summed E-state index contributed by atoms with van der Waals surface area (Å²) in [4.78, 5) is 13.1. The summed E-state index contributed by atoms with van der Waals surface area (Å²) in [6.07, 6.45) is 0. The molecule has 0 saturated carbocycles. The third kappa shape index (κ3) is 4.41. The van der Waals surface area contributed by atoms with Gasteiger partial charge >= 0.3 is 0 Å². The first-order valence-electron chi connectivity index (χ1n) is 10.4. The van der Waals surface area contributed by atoms with Crippen molar-refractivity contribution in [3.05, 3.63) is 80.5 Å². The zero-order valence-electron chi connectivity index (χ0n) is 19.0. The Hall–Kier alpha value is -3.46. The van der Waals surface area contributed by atoms with Crippen LogP contribution in [0.5, 0.6) is 0 Å². The van der Waals surface area contributed by atoms with Crippen molar-refractivity contribution in [3.8, 4) is 0 Å². The predicted octanol–water partition coefficient (Wildman–Crippen LogP) is 4.75. The number of nitrogens with zero attached hydrogens (tertiary/aromatic N) is 5. The number of hydrogen-bond donors (Lipinski definition) is 1. The maximum Gasteiger partial charge on any atom is 0.278 e. The van der Waals surface area contributed by atoms with Crippen LogP contribution in [-0.4, -0.2) is 30.6 Å². The number of nitrogens with one attached hydrogen (secondary N) is 1. The molecule has 3 aromatic heterocycles. The van der Waals surface area contributed by atoms with Gasteiger partial charge < -0.3 is 9.84 Å². The van der Waals surface area contributed by atoms with Gasteiger partial charge in [-0.2, -0.15) is 10.2 Å². The zero-order valence-corrected chi connectivity index (χ0v) is 19.8. The van der Waals surface area contributed by atoms with Crippen LogP contribution in [0.2, 0.25) is 5.02 Å². The van der Waals surface area contributed by atoms with Crippen LogP contribution in [-0.2, 0) is 13.1 Å². The number of aromatic nitrogens is 5. The quantitative estimate of drug-likeness (QED) is 0.439. The Kier molecular flexibility index (Phi) is 6.07. The average Bonchev–Trinajstić information content (AvgIpc) is 3.35. The standard InChI is InChI=1S/C23H24ClFN6O2/c1-12-20(24)14(3)31(27-12)11-19-16(5)33-29-22(19)23(32)26-21-13(2)28-30(15(21)4)10-17-6-8-18(25)9-7-17/h6-9H,10-11H2,1-5H3,(H,26,32). The summed E-state index contributed by atoms with van der Waals surface area (Å²) in [7, 11) is 0. The number of rotatable bonds is 6. The summed E-state index contributed by atoms with van der Waals surface area (Å²) >= 11 is 6.26. The average molecular weight is 471 g/mol. The fraction of sp³-hybridized carbons (Fsp3) is 0.304. The van der Waals surface area contributed by atoms with Gasteiger partial charge in [0.2, 0.25) is 0 Å². The van der Waals surface area contributed by atoms with Crippen molar-refractivity contribution in [1.82, 2.24) is 24.7 Å². The van der Waals surface area contributed by atoms with Gasteiger partial charge in [0, 0.05) is 5.56 Å². The topological polar surface area (TPSA) is 90.8 Å². The molecule has 0 aliphatic rings. The van der Waals surface area contributed by atoms with Crippen molar-refractivity contribution in [2.75, 3.05) is 5.32 Å². The molecule has 1 N–H and O–H groups in total. The summed E-state index contributed by atoms with van der Waals surface area (Å²) in [5, 5.41) is 16.5. The van der Waals surface area contributed by atoms with Crippen LogP contribution in [0.4, 0.5) is 10.1 Å². The minimum Gasteiger partial charge on any atom is -0.361 e. The minimum absolute atomic E-state index is 0.182. The summed E-state index contributed by atoms with van der Waals surface area (Å²) < 4.78 is 22.0. The van der Waals surface area contributed by atoms with Crippen molar-refractivity contribution in [1.29, 1.82) is 0 Å². The van der Waals surface area contributed by atoms with E-state index in [2.05, 4.69) is 20.7 Å². The highest BCUT2D eigenvalue weighted by Crippen LogP contribution is 2.25. The van der Waals surface area contributed by atoms with E-state index >= 15 is 0 Å². The van der Waals surface area contributed by atoms with Crippen molar-refractivity contribution in [2.24, 2.45) is 0 Å². The fourth-order valence-corrected chi connectivity index (χ4v) is 3.84. The molecule has 0 bridgehead atoms. The van der Waals surface area contributed by atoms with E-state index in [9.17, 15) is 9.18 Å². The maximum atomic E-state index is 13.2. The van der Waals surface area contributed by atoms with E-state index in [-0.39, 0.29) is 11.5 Å². The molecule has 0 unspecified atom stereocenters. The highest BCUT2D eigenvalue weighted by atomic mass is 35.5. The molecule has 0 fully saturated rings. The molecule has 1 aromatic carbocycles. The first kappa shape index (κ1) is 22.7. The second-order valence-corrected chi connectivity index (χ2v) is 8.37. The lowest BCUT2D eigenvalue weighted by Crippen LogP contribution is -2.17. The number of carbonyl (C=O) groups is 1. The van der Waals surface area contributed by atoms with E-state index < -0.39 is 5.91 Å². The number of amides is 1. The van der Waals surface area contributed by atoms with Crippen molar-refractivity contribution < 1.29 is 13.7 Å². The first-order valence-corrected chi connectivity index (χ1v) is 10.8. The zero-order chi connectivity index (χ0) is 23.9. The van der Waals surface area contributed by atoms with Crippen LogP contribution >= 0.6 is 11.6 Å². The lowest BCUT2D eigenvalue weighted by atomic mass is 10.1. The van der Waals surface area contributed by atoms with Gasteiger partial charge in [-0.05, 0) is 52.3 Å². The third-order valence-corrected chi connectivity index (χ3v) is 6.21. The molecule has 0 radical (unpaired) electrons. The lowest BCUT2D eigenvalue weighted by Gasteiger charge is -2.08. The summed E-state index contributed by atoms with van der Waals surface area (Å²) in [6.45, 7) is 9.89. The van der Waals surface area contributed by atoms with Gasteiger partial charge in [0.05, 0.1) is 46.6 Å². The molecule has 3 heterocycles. The third-order valence-electron chi connectivity index (χ3n) is 5.67.